The highest BCUT2D eigenvalue weighted by Gasteiger charge is 2.38. The van der Waals surface area contributed by atoms with Gasteiger partial charge in [0.15, 0.2) is 9.84 Å². The Morgan fingerprint density at radius 1 is 1.48 bits per heavy atom. The average molecular weight is 336 g/mol. The Morgan fingerprint density at radius 2 is 2.14 bits per heavy atom. The van der Waals surface area contributed by atoms with E-state index in [9.17, 15) is 16.8 Å². The maximum Gasteiger partial charge on any atom is 0.246 e. The van der Waals surface area contributed by atoms with Crippen LogP contribution in [-0.2, 0) is 26.4 Å². The molecule has 1 fully saturated rings. The second-order valence-electron chi connectivity index (χ2n) is 5.24. The second-order valence-corrected chi connectivity index (χ2v) is 9.33. The van der Waals surface area contributed by atoms with Crippen LogP contribution < -0.4 is 5.32 Å². The summed E-state index contributed by atoms with van der Waals surface area (Å²) in [6, 6.07) is 0.924. The molecule has 120 valence electrons. The van der Waals surface area contributed by atoms with Crippen LogP contribution >= 0.6 is 0 Å². The van der Waals surface area contributed by atoms with Crippen molar-refractivity contribution in [2.75, 3.05) is 25.1 Å². The van der Waals surface area contributed by atoms with Crippen LogP contribution in [0.3, 0.4) is 0 Å². The van der Waals surface area contributed by atoms with Crippen molar-refractivity contribution in [2.45, 2.75) is 31.3 Å². The predicted octanol–water partition coefficient (Wildman–Crippen LogP) is 0.115. The normalized spacial score (nSPS) is 23.3. The molecule has 7 nitrogen and oxygen atoms in total. The molecular formula is C12H20N2O5S2. The van der Waals surface area contributed by atoms with Gasteiger partial charge in [-0.15, -0.1) is 0 Å². The van der Waals surface area contributed by atoms with Gasteiger partial charge in [0.25, 0.3) is 0 Å². The van der Waals surface area contributed by atoms with Crippen LogP contribution in [0.25, 0.3) is 0 Å². The average Bonchev–Trinajstić information content (AvgIpc) is 2.69. The van der Waals surface area contributed by atoms with Gasteiger partial charge < -0.3 is 9.73 Å². The number of rotatable bonds is 4. The lowest BCUT2D eigenvalue weighted by Crippen LogP contribution is -2.49. The second kappa shape index (κ2) is 5.71. The summed E-state index contributed by atoms with van der Waals surface area (Å²) in [6.45, 7) is 3.62. The fraction of sp³-hybridized carbons (Fsp3) is 0.667. The molecule has 0 aliphatic carbocycles. The number of sulfone groups is 1. The van der Waals surface area contributed by atoms with Gasteiger partial charge in [0.1, 0.15) is 16.4 Å². The van der Waals surface area contributed by atoms with Gasteiger partial charge in [-0.05, 0) is 20.9 Å². The van der Waals surface area contributed by atoms with Gasteiger partial charge in [-0.1, -0.05) is 0 Å². The summed E-state index contributed by atoms with van der Waals surface area (Å²) >= 11 is 0. The van der Waals surface area contributed by atoms with E-state index in [1.807, 2.05) is 0 Å². The van der Waals surface area contributed by atoms with E-state index in [2.05, 4.69) is 5.32 Å². The summed E-state index contributed by atoms with van der Waals surface area (Å²) in [4.78, 5) is 0.110. The molecule has 1 aliphatic rings. The van der Waals surface area contributed by atoms with Gasteiger partial charge in [-0.3, -0.25) is 0 Å². The fourth-order valence-corrected chi connectivity index (χ4v) is 6.09. The molecule has 2 heterocycles. The molecule has 0 aromatic carbocycles. The summed E-state index contributed by atoms with van der Waals surface area (Å²) in [5.41, 5.74) is 0. The van der Waals surface area contributed by atoms with Crippen LogP contribution in [0.2, 0.25) is 0 Å². The number of sulfonamides is 1. The first-order chi connectivity index (χ1) is 9.67. The molecule has 0 saturated carbocycles. The lowest BCUT2D eigenvalue weighted by Gasteiger charge is -2.31. The molecule has 0 radical (unpaired) electrons. The largest absolute Gasteiger partial charge is 0.464 e. The SMILES string of the molecule is CNCc1cc(S(=O)(=O)N2CCS(=O)(=O)CC2C)c(C)o1. The molecule has 0 bridgehead atoms. The molecule has 0 amide bonds. The summed E-state index contributed by atoms with van der Waals surface area (Å²) in [6.07, 6.45) is 0. The Bertz CT molecular complexity index is 721. The van der Waals surface area contributed by atoms with E-state index in [0.717, 1.165) is 0 Å². The highest BCUT2D eigenvalue weighted by molar-refractivity contribution is 7.92. The van der Waals surface area contributed by atoms with E-state index < -0.39 is 25.9 Å². The molecule has 1 aliphatic heterocycles. The highest BCUT2D eigenvalue weighted by Crippen LogP contribution is 2.27. The molecule has 1 aromatic rings. The molecule has 1 aromatic heterocycles. The van der Waals surface area contributed by atoms with Crippen LogP contribution in [0.15, 0.2) is 15.4 Å². The number of hydrogen-bond donors (Lipinski definition) is 1. The van der Waals surface area contributed by atoms with Crippen molar-refractivity contribution in [3.8, 4) is 0 Å². The molecule has 1 N–H and O–H groups in total. The van der Waals surface area contributed by atoms with E-state index in [-0.39, 0.29) is 22.9 Å². The fourth-order valence-electron chi connectivity index (χ4n) is 2.51. The van der Waals surface area contributed by atoms with Crippen LogP contribution in [-0.4, -0.2) is 52.3 Å². The minimum absolute atomic E-state index is 0.0161. The van der Waals surface area contributed by atoms with Crippen LogP contribution in [0, 0.1) is 6.92 Å². The Morgan fingerprint density at radius 3 is 2.71 bits per heavy atom. The quantitative estimate of drug-likeness (QED) is 0.838. The zero-order chi connectivity index (χ0) is 15.8. The summed E-state index contributed by atoms with van der Waals surface area (Å²) in [5.74, 6) is 0.565. The minimum Gasteiger partial charge on any atom is -0.464 e. The summed E-state index contributed by atoms with van der Waals surface area (Å²) < 4.78 is 55.2. The summed E-state index contributed by atoms with van der Waals surface area (Å²) in [7, 11) is -5.16. The molecule has 1 atom stereocenters. The van der Waals surface area contributed by atoms with Crippen LogP contribution in [0.5, 0.6) is 0 Å². The number of nitrogens with zero attached hydrogens (tertiary/aromatic N) is 1. The van der Waals surface area contributed by atoms with Gasteiger partial charge in [0, 0.05) is 18.7 Å². The smallest absolute Gasteiger partial charge is 0.246 e. The van der Waals surface area contributed by atoms with Gasteiger partial charge >= 0.3 is 0 Å². The van der Waals surface area contributed by atoms with Gasteiger partial charge in [0.2, 0.25) is 10.0 Å². The van der Waals surface area contributed by atoms with Gasteiger partial charge in [-0.2, -0.15) is 4.31 Å². The molecule has 1 unspecified atom stereocenters. The third kappa shape index (κ3) is 3.31. The topological polar surface area (TPSA) is 96.7 Å². The highest BCUT2D eigenvalue weighted by atomic mass is 32.2. The Hall–Kier alpha value is -0.900. The van der Waals surface area contributed by atoms with E-state index in [1.165, 1.54) is 10.4 Å². The van der Waals surface area contributed by atoms with Crippen molar-refractivity contribution in [3.63, 3.8) is 0 Å². The van der Waals surface area contributed by atoms with Crippen molar-refractivity contribution < 1.29 is 21.3 Å². The number of furan rings is 1. The number of hydrogen-bond acceptors (Lipinski definition) is 6. The summed E-state index contributed by atoms with van der Waals surface area (Å²) in [5, 5.41) is 2.89. The molecule has 2 rings (SSSR count). The third-order valence-corrected chi connectivity index (χ3v) is 7.39. The molecule has 9 heteroatoms. The van der Waals surface area contributed by atoms with Crippen molar-refractivity contribution >= 4 is 19.9 Å². The maximum absolute atomic E-state index is 12.7. The minimum atomic E-state index is -3.74. The molecule has 0 spiro atoms. The lowest BCUT2D eigenvalue weighted by atomic mass is 10.4. The van der Waals surface area contributed by atoms with Crippen molar-refractivity contribution in [3.05, 3.63) is 17.6 Å². The molecular weight excluding hydrogens is 316 g/mol. The van der Waals surface area contributed by atoms with Crippen LogP contribution in [0.4, 0.5) is 0 Å². The molecule has 1 saturated heterocycles. The van der Waals surface area contributed by atoms with E-state index in [1.54, 1.807) is 20.9 Å². The van der Waals surface area contributed by atoms with Gasteiger partial charge in [-0.25, -0.2) is 16.8 Å². The Balaban J connectivity index is 2.34. The predicted molar refractivity (Wildman–Crippen MR) is 78.2 cm³/mol. The van der Waals surface area contributed by atoms with Crippen molar-refractivity contribution in [1.29, 1.82) is 0 Å². The zero-order valence-electron chi connectivity index (χ0n) is 12.3. The van der Waals surface area contributed by atoms with E-state index in [4.69, 9.17) is 4.42 Å². The standard InChI is InChI=1S/C12H20N2O5S2/c1-9-8-20(15,16)5-4-14(9)21(17,18)12-6-11(7-13-3)19-10(12)2/h6,9,13H,4-5,7-8H2,1-3H3. The number of nitrogens with one attached hydrogen (secondary N) is 1. The first-order valence-electron chi connectivity index (χ1n) is 6.63. The van der Waals surface area contributed by atoms with Crippen LogP contribution in [0.1, 0.15) is 18.4 Å². The Kier molecular flexibility index (Phi) is 4.48. The van der Waals surface area contributed by atoms with E-state index in [0.29, 0.717) is 18.1 Å². The maximum atomic E-state index is 12.7. The van der Waals surface area contributed by atoms with Gasteiger partial charge in [0.05, 0.1) is 18.1 Å². The zero-order valence-corrected chi connectivity index (χ0v) is 13.9. The monoisotopic (exact) mass is 336 g/mol. The first kappa shape index (κ1) is 16.5. The van der Waals surface area contributed by atoms with Crippen molar-refractivity contribution in [2.24, 2.45) is 0 Å². The number of aryl methyl sites for hydroxylation is 1. The Labute approximate surface area is 125 Å². The third-order valence-electron chi connectivity index (χ3n) is 3.47. The first-order valence-corrected chi connectivity index (χ1v) is 9.89. The van der Waals surface area contributed by atoms with E-state index >= 15 is 0 Å². The molecule has 21 heavy (non-hydrogen) atoms. The van der Waals surface area contributed by atoms with Crippen molar-refractivity contribution in [1.82, 2.24) is 9.62 Å². The lowest BCUT2D eigenvalue weighted by molar-refractivity contribution is 0.355.